The van der Waals surface area contributed by atoms with Crippen LogP contribution in [0, 0.1) is 18.3 Å². The van der Waals surface area contributed by atoms with E-state index in [2.05, 4.69) is 4.98 Å². The Labute approximate surface area is 79.6 Å². The van der Waals surface area contributed by atoms with Gasteiger partial charge in [0, 0.05) is 5.56 Å². The number of nitriles is 1. The van der Waals surface area contributed by atoms with Crippen LogP contribution in [0.5, 0.6) is 0 Å². The molecular formula is C9H8F2N2O. The van der Waals surface area contributed by atoms with E-state index < -0.39 is 18.7 Å². The molecule has 1 N–H and O–H groups in total. The van der Waals surface area contributed by atoms with Crippen molar-refractivity contribution in [2.75, 3.05) is 0 Å². The van der Waals surface area contributed by atoms with Gasteiger partial charge in [-0.25, -0.2) is 13.8 Å². The van der Waals surface area contributed by atoms with Gasteiger partial charge in [0.15, 0.2) is 0 Å². The Bertz CT molecular complexity index is 385. The first-order chi connectivity index (χ1) is 6.60. The summed E-state index contributed by atoms with van der Waals surface area (Å²) in [5.74, 6) is 0. The van der Waals surface area contributed by atoms with Gasteiger partial charge >= 0.3 is 0 Å². The van der Waals surface area contributed by atoms with Crippen molar-refractivity contribution in [2.24, 2.45) is 0 Å². The maximum absolute atomic E-state index is 12.4. The summed E-state index contributed by atoms with van der Waals surface area (Å²) in [5.41, 5.74) is -0.0209. The number of aryl methyl sites for hydroxylation is 1. The first-order valence-electron chi connectivity index (χ1n) is 3.89. The van der Waals surface area contributed by atoms with E-state index in [0.29, 0.717) is 5.56 Å². The number of nitrogens with zero attached hydrogens (tertiary/aromatic N) is 2. The first-order valence-corrected chi connectivity index (χ1v) is 3.89. The van der Waals surface area contributed by atoms with Crippen molar-refractivity contribution in [3.63, 3.8) is 0 Å². The molecule has 0 aliphatic carbocycles. The smallest absolute Gasteiger partial charge is 0.280 e. The number of halogens is 2. The standard InChI is InChI=1S/C9H8F2N2O/c1-5-2-6(3-12)13-8(9(10)11)7(5)4-14/h2,9,14H,4H2,1H3. The van der Waals surface area contributed by atoms with Crippen molar-refractivity contribution < 1.29 is 13.9 Å². The molecule has 1 heterocycles. The molecule has 5 heteroatoms. The number of rotatable bonds is 2. The minimum atomic E-state index is -2.77. The molecule has 0 fully saturated rings. The quantitative estimate of drug-likeness (QED) is 0.786. The molecule has 0 radical (unpaired) electrons. The molecule has 1 rings (SSSR count). The number of hydrogen-bond acceptors (Lipinski definition) is 3. The Morgan fingerprint density at radius 3 is 2.71 bits per heavy atom. The van der Waals surface area contributed by atoms with E-state index in [4.69, 9.17) is 10.4 Å². The highest BCUT2D eigenvalue weighted by molar-refractivity contribution is 5.36. The van der Waals surface area contributed by atoms with Gasteiger partial charge in [-0.05, 0) is 18.6 Å². The van der Waals surface area contributed by atoms with Gasteiger partial charge in [-0.1, -0.05) is 0 Å². The molecule has 0 aromatic carbocycles. The van der Waals surface area contributed by atoms with Crippen LogP contribution in [0.2, 0.25) is 0 Å². The lowest BCUT2D eigenvalue weighted by Crippen LogP contribution is -2.03. The molecule has 0 spiro atoms. The Morgan fingerprint density at radius 2 is 2.29 bits per heavy atom. The van der Waals surface area contributed by atoms with E-state index >= 15 is 0 Å². The molecule has 3 nitrogen and oxygen atoms in total. The van der Waals surface area contributed by atoms with Gasteiger partial charge in [0.1, 0.15) is 17.5 Å². The summed E-state index contributed by atoms with van der Waals surface area (Å²) in [6.45, 7) is 1.06. The number of aliphatic hydroxyl groups excluding tert-OH is 1. The summed E-state index contributed by atoms with van der Waals surface area (Å²) in [5, 5.41) is 17.4. The fourth-order valence-corrected chi connectivity index (χ4v) is 1.17. The van der Waals surface area contributed by atoms with Gasteiger partial charge in [-0.15, -0.1) is 0 Å². The van der Waals surface area contributed by atoms with Crippen LogP contribution < -0.4 is 0 Å². The maximum Gasteiger partial charge on any atom is 0.280 e. The molecule has 74 valence electrons. The third-order valence-electron chi connectivity index (χ3n) is 1.86. The first kappa shape index (κ1) is 10.5. The number of alkyl halides is 2. The summed E-state index contributed by atoms with van der Waals surface area (Å²) in [4.78, 5) is 3.45. The van der Waals surface area contributed by atoms with Gasteiger partial charge in [0.05, 0.1) is 6.61 Å². The number of aliphatic hydroxyl groups is 1. The van der Waals surface area contributed by atoms with Crippen LogP contribution in [-0.2, 0) is 6.61 Å². The summed E-state index contributed by atoms with van der Waals surface area (Å²) < 4.78 is 24.9. The minimum absolute atomic E-state index is 0.0602. The third-order valence-corrected chi connectivity index (χ3v) is 1.86. The number of aromatic nitrogens is 1. The molecule has 0 atom stereocenters. The van der Waals surface area contributed by atoms with Gasteiger partial charge in [0.25, 0.3) is 6.43 Å². The Balaban J connectivity index is 3.37. The zero-order chi connectivity index (χ0) is 10.7. The normalized spacial score (nSPS) is 10.3. The Morgan fingerprint density at radius 1 is 1.64 bits per heavy atom. The van der Waals surface area contributed by atoms with Crippen LogP contribution in [0.4, 0.5) is 8.78 Å². The topological polar surface area (TPSA) is 56.9 Å². The lowest BCUT2D eigenvalue weighted by atomic mass is 10.1. The SMILES string of the molecule is Cc1cc(C#N)nc(C(F)F)c1CO. The van der Waals surface area contributed by atoms with Gasteiger partial charge in [-0.3, -0.25) is 0 Å². The largest absolute Gasteiger partial charge is 0.392 e. The Kier molecular flexibility index (Phi) is 3.10. The second kappa shape index (κ2) is 4.11. The van der Waals surface area contributed by atoms with Gasteiger partial charge < -0.3 is 5.11 Å². The Hall–Kier alpha value is -1.54. The molecule has 0 amide bonds. The van der Waals surface area contributed by atoms with Crippen molar-refractivity contribution in [2.45, 2.75) is 20.0 Å². The number of hydrogen-bond donors (Lipinski definition) is 1. The van der Waals surface area contributed by atoms with E-state index in [9.17, 15) is 8.78 Å². The molecule has 1 aromatic rings. The minimum Gasteiger partial charge on any atom is -0.392 e. The van der Waals surface area contributed by atoms with Crippen molar-refractivity contribution in [3.05, 3.63) is 28.6 Å². The van der Waals surface area contributed by atoms with Crippen LogP contribution in [0.15, 0.2) is 6.07 Å². The van der Waals surface area contributed by atoms with E-state index in [1.54, 1.807) is 13.0 Å². The molecular weight excluding hydrogens is 190 g/mol. The maximum atomic E-state index is 12.4. The fourth-order valence-electron chi connectivity index (χ4n) is 1.17. The average molecular weight is 198 g/mol. The second-order valence-electron chi connectivity index (χ2n) is 2.76. The summed E-state index contributed by atoms with van der Waals surface area (Å²) >= 11 is 0. The van der Waals surface area contributed by atoms with Crippen molar-refractivity contribution >= 4 is 0 Å². The number of pyridine rings is 1. The van der Waals surface area contributed by atoms with E-state index in [0.717, 1.165) is 0 Å². The molecule has 0 bridgehead atoms. The molecule has 0 unspecified atom stereocenters. The van der Waals surface area contributed by atoms with Crippen LogP contribution in [0.1, 0.15) is 28.9 Å². The van der Waals surface area contributed by atoms with Crippen LogP contribution in [0.3, 0.4) is 0 Å². The molecule has 1 aromatic heterocycles. The van der Waals surface area contributed by atoms with Crippen molar-refractivity contribution in [1.29, 1.82) is 5.26 Å². The highest BCUT2D eigenvalue weighted by atomic mass is 19.3. The van der Waals surface area contributed by atoms with E-state index in [1.165, 1.54) is 6.07 Å². The van der Waals surface area contributed by atoms with Crippen LogP contribution in [0.25, 0.3) is 0 Å². The third kappa shape index (κ3) is 1.86. The van der Waals surface area contributed by atoms with Crippen LogP contribution in [-0.4, -0.2) is 10.1 Å². The van der Waals surface area contributed by atoms with Crippen molar-refractivity contribution in [3.8, 4) is 6.07 Å². The lowest BCUT2D eigenvalue weighted by Gasteiger charge is -2.08. The molecule has 0 aliphatic heterocycles. The monoisotopic (exact) mass is 198 g/mol. The van der Waals surface area contributed by atoms with Crippen molar-refractivity contribution in [1.82, 2.24) is 4.98 Å². The summed E-state index contributed by atoms with van der Waals surface area (Å²) in [6, 6.07) is 3.06. The molecule has 0 saturated carbocycles. The lowest BCUT2D eigenvalue weighted by molar-refractivity contribution is 0.141. The average Bonchev–Trinajstić information content (AvgIpc) is 2.16. The van der Waals surface area contributed by atoms with Gasteiger partial charge in [-0.2, -0.15) is 5.26 Å². The highest BCUT2D eigenvalue weighted by Gasteiger charge is 2.17. The zero-order valence-electron chi connectivity index (χ0n) is 7.46. The fraction of sp³-hybridized carbons (Fsp3) is 0.333. The second-order valence-corrected chi connectivity index (χ2v) is 2.76. The van der Waals surface area contributed by atoms with Gasteiger partial charge in [0.2, 0.25) is 0 Å². The summed E-state index contributed by atoms with van der Waals surface area (Å²) in [7, 11) is 0. The van der Waals surface area contributed by atoms with E-state index in [-0.39, 0.29) is 11.3 Å². The zero-order valence-corrected chi connectivity index (χ0v) is 7.46. The van der Waals surface area contributed by atoms with Crippen LogP contribution >= 0.6 is 0 Å². The molecule has 0 aliphatic rings. The predicted molar refractivity (Wildman–Crippen MR) is 44.6 cm³/mol. The highest BCUT2D eigenvalue weighted by Crippen LogP contribution is 2.23. The van der Waals surface area contributed by atoms with E-state index in [1.807, 2.05) is 0 Å². The molecule has 0 saturated heterocycles. The summed E-state index contributed by atoms with van der Waals surface area (Å²) in [6.07, 6.45) is -2.77. The molecule has 14 heavy (non-hydrogen) atoms. The predicted octanol–water partition coefficient (Wildman–Crippen LogP) is 1.69.